The van der Waals surface area contributed by atoms with Gasteiger partial charge in [-0.1, -0.05) is 0 Å². The summed E-state index contributed by atoms with van der Waals surface area (Å²) < 4.78 is 0. The summed E-state index contributed by atoms with van der Waals surface area (Å²) in [4.78, 5) is 40.7. The number of nitrogens with zero attached hydrogens (tertiary/aromatic N) is 6. The normalized spacial score (nSPS) is 9.29. The van der Waals surface area contributed by atoms with Crippen LogP contribution >= 0.6 is 0 Å². The summed E-state index contributed by atoms with van der Waals surface area (Å²) in [5.74, 6) is -1.49. The number of carbonyl (C=O) groups is 2. The van der Waals surface area contributed by atoms with Gasteiger partial charge in [0, 0.05) is 12.8 Å². The molecule has 14 N–H and O–H groups in total. The molecule has 2 heterocycles. The fraction of sp³-hybridized carbons (Fsp3) is 0.333. The third-order valence-corrected chi connectivity index (χ3v) is 2.41. The van der Waals surface area contributed by atoms with Crippen molar-refractivity contribution in [3.8, 4) is 0 Å². The molecule has 0 atom stereocenters. The predicted molar refractivity (Wildman–Crippen MR) is 99.9 cm³/mol. The predicted octanol–water partition coefficient (Wildman–Crippen LogP) is -2.05. The standard InChI is InChI=1S/C6H10O4.2C3H6N6/c7-5(8)3-1-2-4-6(9)10;2*4-1-7-2(5)9-3(6)8-1/h1-4H2,(H,7,8)(H,9,10);2*(H6,4,5,6,7,8,9). The monoisotopic (exact) mass is 398 g/mol. The van der Waals surface area contributed by atoms with Crippen LogP contribution in [-0.4, -0.2) is 52.1 Å². The Morgan fingerprint density at radius 3 is 0.857 bits per heavy atom. The number of nitrogens with two attached hydrogens (primary N) is 6. The van der Waals surface area contributed by atoms with Gasteiger partial charge < -0.3 is 44.6 Å². The summed E-state index contributed by atoms with van der Waals surface area (Å²) in [6.07, 6.45) is 1.02. The van der Waals surface area contributed by atoms with E-state index in [9.17, 15) is 9.59 Å². The Hall–Kier alpha value is -4.24. The van der Waals surface area contributed by atoms with Gasteiger partial charge in [0.25, 0.3) is 0 Å². The summed E-state index contributed by atoms with van der Waals surface area (Å²) >= 11 is 0. The quantitative estimate of drug-likeness (QED) is 0.251. The molecule has 0 radical (unpaired) electrons. The average molecular weight is 398 g/mol. The molecule has 2 aromatic rings. The van der Waals surface area contributed by atoms with Crippen molar-refractivity contribution in [2.24, 2.45) is 0 Å². The summed E-state index contributed by atoms with van der Waals surface area (Å²) in [7, 11) is 0. The number of hydrogen-bond acceptors (Lipinski definition) is 14. The molecule has 16 heteroatoms. The van der Waals surface area contributed by atoms with Crippen LogP contribution in [0.25, 0.3) is 0 Å². The molecule has 0 saturated heterocycles. The zero-order chi connectivity index (χ0) is 21.7. The van der Waals surface area contributed by atoms with Crippen molar-refractivity contribution in [3.63, 3.8) is 0 Å². The lowest BCUT2D eigenvalue weighted by Gasteiger charge is -1.93. The number of carboxylic acids is 2. The highest BCUT2D eigenvalue weighted by Gasteiger charge is 1.99. The van der Waals surface area contributed by atoms with E-state index in [0.717, 1.165) is 0 Å². The largest absolute Gasteiger partial charge is 0.481 e. The fourth-order valence-electron chi connectivity index (χ4n) is 1.41. The summed E-state index contributed by atoms with van der Waals surface area (Å²) in [5, 5.41) is 16.3. The average Bonchev–Trinajstić information content (AvgIpc) is 2.49. The van der Waals surface area contributed by atoms with Crippen molar-refractivity contribution in [1.82, 2.24) is 29.9 Å². The molecule has 28 heavy (non-hydrogen) atoms. The van der Waals surface area contributed by atoms with Gasteiger partial charge in [-0.05, 0) is 12.8 Å². The minimum absolute atomic E-state index is 0.0417. The molecule has 0 aliphatic rings. The Kier molecular flexibility index (Phi) is 10.3. The van der Waals surface area contributed by atoms with Crippen molar-refractivity contribution in [1.29, 1.82) is 0 Å². The number of unbranched alkanes of at least 4 members (excludes halogenated alkanes) is 1. The van der Waals surface area contributed by atoms with Crippen LogP contribution < -0.4 is 34.4 Å². The first-order chi connectivity index (χ1) is 13.0. The number of carboxylic acid groups (broad SMARTS) is 2. The molecule has 2 rings (SSSR count). The van der Waals surface area contributed by atoms with Crippen molar-refractivity contribution in [3.05, 3.63) is 0 Å². The highest BCUT2D eigenvalue weighted by molar-refractivity contribution is 5.67. The van der Waals surface area contributed by atoms with E-state index in [-0.39, 0.29) is 48.5 Å². The topological polar surface area (TPSA) is 308 Å². The van der Waals surface area contributed by atoms with Crippen LogP contribution in [0.5, 0.6) is 0 Å². The van der Waals surface area contributed by atoms with Crippen molar-refractivity contribution >= 4 is 47.6 Å². The van der Waals surface area contributed by atoms with Crippen LogP contribution in [0, 0.1) is 0 Å². The Morgan fingerprint density at radius 2 is 0.714 bits per heavy atom. The van der Waals surface area contributed by atoms with E-state index in [0.29, 0.717) is 12.8 Å². The molecule has 0 fully saturated rings. The van der Waals surface area contributed by atoms with E-state index in [1.165, 1.54) is 0 Å². The van der Waals surface area contributed by atoms with Gasteiger partial charge in [0.05, 0.1) is 0 Å². The molecular formula is C12H22N12O4. The van der Waals surface area contributed by atoms with Crippen LogP contribution in [0.4, 0.5) is 35.7 Å². The van der Waals surface area contributed by atoms with E-state index in [2.05, 4.69) is 29.9 Å². The van der Waals surface area contributed by atoms with Crippen LogP contribution in [0.3, 0.4) is 0 Å². The van der Waals surface area contributed by atoms with Gasteiger partial charge in [0.1, 0.15) is 0 Å². The van der Waals surface area contributed by atoms with Crippen molar-refractivity contribution in [2.45, 2.75) is 25.7 Å². The number of aliphatic carboxylic acids is 2. The van der Waals surface area contributed by atoms with Gasteiger partial charge in [-0.3, -0.25) is 9.59 Å². The van der Waals surface area contributed by atoms with Gasteiger partial charge in [0.2, 0.25) is 35.7 Å². The molecule has 0 aliphatic heterocycles. The summed E-state index contributed by atoms with van der Waals surface area (Å²) in [6, 6.07) is 0. The minimum atomic E-state index is -0.870. The number of aromatic nitrogens is 6. The summed E-state index contributed by atoms with van der Waals surface area (Å²) in [6.45, 7) is 0. The lowest BCUT2D eigenvalue weighted by molar-refractivity contribution is -0.139. The SMILES string of the molecule is Nc1nc(N)nc(N)n1.Nc1nc(N)nc(N)n1.O=C(O)CCCCC(=O)O. The molecule has 0 aromatic carbocycles. The zero-order valence-electron chi connectivity index (χ0n) is 14.7. The first-order valence-electron chi connectivity index (χ1n) is 7.48. The molecule has 0 unspecified atom stereocenters. The maximum absolute atomic E-state index is 9.90. The van der Waals surface area contributed by atoms with Gasteiger partial charge >= 0.3 is 11.9 Å². The second-order valence-electron chi connectivity index (χ2n) is 4.81. The fourth-order valence-corrected chi connectivity index (χ4v) is 1.41. The molecule has 0 saturated carbocycles. The van der Waals surface area contributed by atoms with Crippen LogP contribution in [0.1, 0.15) is 25.7 Å². The zero-order valence-corrected chi connectivity index (χ0v) is 14.7. The molecular weight excluding hydrogens is 376 g/mol. The molecule has 0 spiro atoms. The highest BCUT2D eigenvalue weighted by Crippen LogP contribution is 1.99. The lowest BCUT2D eigenvalue weighted by Crippen LogP contribution is -2.05. The molecule has 0 aliphatic carbocycles. The molecule has 0 bridgehead atoms. The Morgan fingerprint density at radius 1 is 0.536 bits per heavy atom. The van der Waals surface area contributed by atoms with Gasteiger partial charge in [-0.2, -0.15) is 29.9 Å². The van der Waals surface area contributed by atoms with Crippen LogP contribution in [0.15, 0.2) is 0 Å². The van der Waals surface area contributed by atoms with Gasteiger partial charge in [-0.15, -0.1) is 0 Å². The van der Waals surface area contributed by atoms with E-state index in [1.54, 1.807) is 0 Å². The minimum Gasteiger partial charge on any atom is -0.481 e. The molecule has 16 nitrogen and oxygen atoms in total. The van der Waals surface area contributed by atoms with E-state index < -0.39 is 11.9 Å². The highest BCUT2D eigenvalue weighted by atomic mass is 16.4. The Balaban J connectivity index is 0.000000391. The number of rotatable bonds is 5. The maximum Gasteiger partial charge on any atom is 0.303 e. The van der Waals surface area contributed by atoms with Crippen molar-refractivity contribution < 1.29 is 19.8 Å². The number of anilines is 6. The van der Waals surface area contributed by atoms with E-state index in [1.807, 2.05) is 0 Å². The first-order valence-corrected chi connectivity index (χ1v) is 7.48. The third-order valence-electron chi connectivity index (χ3n) is 2.41. The van der Waals surface area contributed by atoms with E-state index >= 15 is 0 Å². The van der Waals surface area contributed by atoms with Crippen LogP contribution in [-0.2, 0) is 9.59 Å². The summed E-state index contributed by atoms with van der Waals surface area (Å²) in [5.41, 5.74) is 30.8. The van der Waals surface area contributed by atoms with Gasteiger partial charge in [-0.25, -0.2) is 0 Å². The lowest BCUT2D eigenvalue weighted by atomic mass is 10.2. The van der Waals surface area contributed by atoms with Crippen molar-refractivity contribution in [2.75, 3.05) is 34.4 Å². The van der Waals surface area contributed by atoms with Crippen LogP contribution in [0.2, 0.25) is 0 Å². The van der Waals surface area contributed by atoms with Gasteiger partial charge in [0.15, 0.2) is 0 Å². The smallest absolute Gasteiger partial charge is 0.303 e. The van der Waals surface area contributed by atoms with E-state index in [4.69, 9.17) is 44.6 Å². The second kappa shape index (κ2) is 12.2. The Bertz CT molecular complexity index is 621. The number of nitrogen functional groups attached to an aromatic ring is 6. The molecule has 154 valence electrons. The maximum atomic E-state index is 9.90. The Labute approximate surface area is 158 Å². The molecule has 0 amide bonds. The molecule has 2 aromatic heterocycles. The number of hydrogen-bond donors (Lipinski definition) is 8. The second-order valence-corrected chi connectivity index (χ2v) is 4.81. The first kappa shape index (κ1) is 23.8. The third kappa shape index (κ3) is 13.1.